The molecular formula is C17H21N3O2. The Labute approximate surface area is 130 Å². The molecule has 1 aliphatic rings. The zero-order valence-electron chi connectivity index (χ0n) is 13.0. The van der Waals surface area contributed by atoms with Crippen molar-refractivity contribution in [1.29, 1.82) is 0 Å². The standard InChI is InChI=1S/C17H21N3O2/c1-13-5-3-4-6-16(13)20-11-14(9-18-20)10-19(2)17(21)15-7-8-22-12-15/h3-6,9,11,15H,7-8,10,12H2,1-2H3/t15-/m0/s1. The van der Waals surface area contributed by atoms with Crippen molar-refractivity contribution in [3.8, 4) is 5.69 Å². The lowest BCUT2D eigenvalue weighted by molar-refractivity contribution is -0.134. The minimum atomic E-state index is 0.0106. The molecule has 3 rings (SSSR count). The van der Waals surface area contributed by atoms with Gasteiger partial charge < -0.3 is 9.64 Å². The van der Waals surface area contributed by atoms with Crippen LogP contribution in [-0.4, -0.2) is 40.8 Å². The quantitative estimate of drug-likeness (QED) is 0.869. The summed E-state index contributed by atoms with van der Waals surface area (Å²) >= 11 is 0. The summed E-state index contributed by atoms with van der Waals surface area (Å²) in [5.41, 5.74) is 3.26. The van der Waals surface area contributed by atoms with Crippen LogP contribution < -0.4 is 0 Å². The Hall–Kier alpha value is -2.14. The number of benzene rings is 1. The zero-order chi connectivity index (χ0) is 15.5. The van der Waals surface area contributed by atoms with Gasteiger partial charge in [0.05, 0.1) is 24.4 Å². The lowest BCUT2D eigenvalue weighted by Gasteiger charge is -2.19. The Morgan fingerprint density at radius 1 is 1.45 bits per heavy atom. The highest BCUT2D eigenvalue weighted by Gasteiger charge is 2.26. The summed E-state index contributed by atoms with van der Waals surface area (Å²) in [4.78, 5) is 14.1. The number of hydrogen-bond acceptors (Lipinski definition) is 3. The monoisotopic (exact) mass is 299 g/mol. The van der Waals surface area contributed by atoms with Crippen LogP contribution in [0.2, 0.25) is 0 Å². The molecule has 5 nitrogen and oxygen atoms in total. The van der Waals surface area contributed by atoms with Gasteiger partial charge in [0.2, 0.25) is 5.91 Å². The van der Waals surface area contributed by atoms with E-state index in [1.54, 1.807) is 4.90 Å². The van der Waals surface area contributed by atoms with Crippen molar-refractivity contribution >= 4 is 5.91 Å². The Balaban J connectivity index is 1.69. The maximum atomic E-state index is 12.3. The molecule has 116 valence electrons. The number of carbonyl (C=O) groups is 1. The molecule has 1 aromatic carbocycles. The normalized spacial score (nSPS) is 17.6. The molecular weight excluding hydrogens is 278 g/mol. The number of hydrogen-bond donors (Lipinski definition) is 0. The summed E-state index contributed by atoms with van der Waals surface area (Å²) in [6.45, 7) is 3.87. The summed E-state index contributed by atoms with van der Waals surface area (Å²) < 4.78 is 7.15. The number of aryl methyl sites for hydroxylation is 1. The molecule has 1 saturated heterocycles. The van der Waals surface area contributed by atoms with Crippen molar-refractivity contribution in [1.82, 2.24) is 14.7 Å². The summed E-state index contributed by atoms with van der Waals surface area (Å²) in [5, 5.41) is 4.41. The van der Waals surface area contributed by atoms with E-state index in [2.05, 4.69) is 18.1 Å². The SMILES string of the molecule is Cc1ccccc1-n1cc(CN(C)C(=O)[C@H]2CCOC2)cn1. The molecule has 0 radical (unpaired) electrons. The fraction of sp³-hybridized carbons (Fsp3) is 0.412. The fourth-order valence-electron chi connectivity index (χ4n) is 2.79. The summed E-state index contributed by atoms with van der Waals surface area (Å²) in [7, 11) is 1.84. The lowest BCUT2D eigenvalue weighted by atomic mass is 10.1. The largest absolute Gasteiger partial charge is 0.381 e. The van der Waals surface area contributed by atoms with Crippen LogP contribution >= 0.6 is 0 Å². The molecule has 0 saturated carbocycles. The van der Waals surface area contributed by atoms with Crippen LogP contribution in [0.25, 0.3) is 5.69 Å². The van der Waals surface area contributed by atoms with Crippen molar-refractivity contribution in [2.24, 2.45) is 5.92 Å². The van der Waals surface area contributed by atoms with Gasteiger partial charge in [0.15, 0.2) is 0 Å². The molecule has 1 aliphatic heterocycles. The third kappa shape index (κ3) is 3.04. The van der Waals surface area contributed by atoms with Crippen LogP contribution in [0.5, 0.6) is 0 Å². The predicted octanol–water partition coefficient (Wildman–Crippen LogP) is 2.18. The second-order valence-corrected chi connectivity index (χ2v) is 5.83. The van der Waals surface area contributed by atoms with E-state index >= 15 is 0 Å². The van der Waals surface area contributed by atoms with Crippen molar-refractivity contribution in [3.63, 3.8) is 0 Å². The predicted molar refractivity (Wildman–Crippen MR) is 83.7 cm³/mol. The number of nitrogens with zero attached hydrogens (tertiary/aromatic N) is 3. The number of aromatic nitrogens is 2. The van der Waals surface area contributed by atoms with E-state index in [4.69, 9.17) is 4.74 Å². The zero-order valence-corrected chi connectivity index (χ0v) is 13.0. The van der Waals surface area contributed by atoms with E-state index in [0.29, 0.717) is 19.8 Å². The van der Waals surface area contributed by atoms with Gasteiger partial charge in [-0.1, -0.05) is 18.2 Å². The summed E-state index contributed by atoms with van der Waals surface area (Å²) in [6.07, 6.45) is 4.63. The van der Waals surface area contributed by atoms with Gasteiger partial charge in [0.1, 0.15) is 0 Å². The van der Waals surface area contributed by atoms with E-state index in [1.807, 2.05) is 42.3 Å². The van der Waals surface area contributed by atoms with Crippen LogP contribution in [0.1, 0.15) is 17.5 Å². The van der Waals surface area contributed by atoms with Crippen molar-refractivity contribution in [2.45, 2.75) is 19.9 Å². The van der Waals surface area contributed by atoms with E-state index in [0.717, 1.165) is 17.7 Å². The van der Waals surface area contributed by atoms with Gasteiger partial charge in [-0.15, -0.1) is 0 Å². The van der Waals surface area contributed by atoms with Gasteiger partial charge in [-0.25, -0.2) is 4.68 Å². The molecule has 1 fully saturated rings. The Kier molecular flexibility index (Phi) is 4.24. The summed E-state index contributed by atoms with van der Waals surface area (Å²) in [5.74, 6) is 0.164. The van der Waals surface area contributed by atoms with Crippen molar-refractivity contribution in [3.05, 3.63) is 47.8 Å². The molecule has 2 aromatic rings. The first-order valence-electron chi connectivity index (χ1n) is 7.57. The number of ether oxygens (including phenoxy) is 1. The highest BCUT2D eigenvalue weighted by atomic mass is 16.5. The molecule has 0 spiro atoms. The average molecular weight is 299 g/mol. The molecule has 0 N–H and O–H groups in total. The lowest BCUT2D eigenvalue weighted by Crippen LogP contribution is -2.32. The van der Waals surface area contributed by atoms with Crippen LogP contribution in [-0.2, 0) is 16.1 Å². The van der Waals surface area contributed by atoms with E-state index in [1.165, 1.54) is 5.56 Å². The molecule has 5 heteroatoms. The smallest absolute Gasteiger partial charge is 0.228 e. The number of amides is 1. The van der Waals surface area contributed by atoms with Crippen LogP contribution in [0, 0.1) is 12.8 Å². The van der Waals surface area contributed by atoms with Gasteiger partial charge >= 0.3 is 0 Å². The highest BCUT2D eigenvalue weighted by molar-refractivity contribution is 5.78. The van der Waals surface area contributed by atoms with E-state index < -0.39 is 0 Å². The van der Waals surface area contributed by atoms with E-state index in [-0.39, 0.29) is 11.8 Å². The van der Waals surface area contributed by atoms with Crippen LogP contribution in [0.3, 0.4) is 0 Å². The molecule has 0 bridgehead atoms. The minimum Gasteiger partial charge on any atom is -0.381 e. The number of rotatable bonds is 4. The molecule has 22 heavy (non-hydrogen) atoms. The van der Waals surface area contributed by atoms with E-state index in [9.17, 15) is 4.79 Å². The van der Waals surface area contributed by atoms with Gasteiger partial charge in [-0.3, -0.25) is 4.79 Å². The van der Waals surface area contributed by atoms with Crippen LogP contribution in [0.15, 0.2) is 36.7 Å². The highest BCUT2D eigenvalue weighted by Crippen LogP contribution is 2.17. The number of para-hydroxylation sites is 1. The Morgan fingerprint density at radius 2 is 2.27 bits per heavy atom. The molecule has 1 atom stereocenters. The molecule has 1 aromatic heterocycles. The number of carbonyl (C=O) groups excluding carboxylic acids is 1. The first-order valence-corrected chi connectivity index (χ1v) is 7.57. The first-order chi connectivity index (χ1) is 10.6. The second-order valence-electron chi connectivity index (χ2n) is 5.83. The maximum Gasteiger partial charge on any atom is 0.228 e. The molecule has 2 heterocycles. The van der Waals surface area contributed by atoms with Crippen molar-refractivity contribution in [2.75, 3.05) is 20.3 Å². The minimum absolute atomic E-state index is 0.0106. The average Bonchev–Trinajstić information content (AvgIpc) is 3.18. The Morgan fingerprint density at radius 3 is 3.00 bits per heavy atom. The second kappa shape index (κ2) is 6.32. The van der Waals surface area contributed by atoms with Crippen molar-refractivity contribution < 1.29 is 9.53 Å². The fourth-order valence-corrected chi connectivity index (χ4v) is 2.79. The van der Waals surface area contributed by atoms with Gasteiger partial charge in [0.25, 0.3) is 0 Å². The maximum absolute atomic E-state index is 12.3. The summed E-state index contributed by atoms with van der Waals surface area (Å²) in [6, 6.07) is 8.11. The van der Waals surface area contributed by atoms with Gasteiger partial charge in [0, 0.05) is 32.0 Å². The molecule has 0 unspecified atom stereocenters. The van der Waals surface area contributed by atoms with Crippen LogP contribution in [0.4, 0.5) is 0 Å². The molecule has 0 aliphatic carbocycles. The van der Waals surface area contributed by atoms with Gasteiger partial charge in [-0.05, 0) is 25.0 Å². The van der Waals surface area contributed by atoms with Gasteiger partial charge in [-0.2, -0.15) is 5.10 Å². The topological polar surface area (TPSA) is 47.4 Å². The molecule has 1 amide bonds. The third-order valence-electron chi connectivity index (χ3n) is 4.07. The first kappa shape index (κ1) is 14.8. The Bertz CT molecular complexity index is 659. The third-order valence-corrected chi connectivity index (χ3v) is 4.07.